The molecule has 0 saturated heterocycles. The van der Waals surface area contributed by atoms with Gasteiger partial charge in [-0.05, 0) is 48.4 Å². The summed E-state index contributed by atoms with van der Waals surface area (Å²) in [5.74, 6) is -1.65. The first-order chi connectivity index (χ1) is 13.9. The predicted octanol–water partition coefficient (Wildman–Crippen LogP) is 3.82. The molecule has 6 heteroatoms. The zero-order valence-corrected chi connectivity index (χ0v) is 15.9. The third-order valence-corrected chi connectivity index (χ3v) is 4.52. The third-order valence-electron chi connectivity index (χ3n) is 4.52. The van der Waals surface area contributed by atoms with Crippen LogP contribution in [0.15, 0.2) is 72.8 Å². The van der Waals surface area contributed by atoms with E-state index >= 15 is 0 Å². The van der Waals surface area contributed by atoms with E-state index in [1.807, 2.05) is 19.1 Å². The summed E-state index contributed by atoms with van der Waals surface area (Å²) in [5, 5.41) is 14.9. The molecule has 0 bridgehead atoms. The summed E-state index contributed by atoms with van der Waals surface area (Å²) in [7, 11) is 0. The van der Waals surface area contributed by atoms with Gasteiger partial charge in [0.15, 0.2) is 0 Å². The highest BCUT2D eigenvalue weighted by Gasteiger charge is 2.23. The molecule has 0 radical (unpaired) electrons. The Balaban J connectivity index is 1.83. The lowest BCUT2D eigenvalue weighted by Gasteiger charge is -2.20. The van der Waals surface area contributed by atoms with Crippen LogP contribution in [0.25, 0.3) is 0 Å². The van der Waals surface area contributed by atoms with Gasteiger partial charge in [0, 0.05) is 12.1 Å². The zero-order valence-electron chi connectivity index (χ0n) is 15.9. The lowest BCUT2D eigenvalue weighted by molar-refractivity contribution is -0.118. The van der Waals surface area contributed by atoms with Crippen molar-refractivity contribution in [3.05, 3.63) is 95.3 Å². The SMILES string of the molecule is Cc1ccccc1NC(=O)C(Cc1ccc(O)cc1)NC(=O)c1ccccc1F. The van der Waals surface area contributed by atoms with Crippen LogP contribution in [0.4, 0.5) is 10.1 Å². The molecule has 0 aromatic heterocycles. The lowest BCUT2D eigenvalue weighted by atomic mass is 10.0. The molecule has 5 nitrogen and oxygen atoms in total. The molecule has 3 aromatic rings. The number of nitrogens with one attached hydrogen (secondary N) is 2. The molecule has 29 heavy (non-hydrogen) atoms. The first-order valence-corrected chi connectivity index (χ1v) is 9.14. The minimum Gasteiger partial charge on any atom is -0.508 e. The number of hydrogen-bond acceptors (Lipinski definition) is 3. The van der Waals surface area contributed by atoms with E-state index in [1.54, 1.807) is 30.3 Å². The fraction of sp³-hybridized carbons (Fsp3) is 0.130. The largest absolute Gasteiger partial charge is 0.508 e. The standard InChI is InChI=1S/C23H21FN2O3/c1-15-6-2-5-9-20(15)25-23(29)21(14-16-10-12-17(27)13-11-16)26-22(28)18-7-3-4-8-19(18)24/h2-13,21,27H,14H2,1H3,(H,25,29)(H,26,28). The maximum Gasteiger partial charge on any atom is 0.254 e. The quantitative estimate of drug-likeness (QED) is 0.597. The molecule has 0 heterocycles. The highest BCUT2D eigenvalue weighted by molar-refractivity contribution is 6.01. The van der Waals surface area contributed by atoms with Crippen molar-refractivity contribution in [2.75, 3.05) is 5.32 Å². The second-order valence-electron chi connectivity index (χ2n) is 6.68. The van der Waals surface area contributed by atoms with Crippen LogP contribution in [-0.4, -0.2) is 23.0 Å². The Morgan fingerprint density at radius 1 is 0.966 bits per heavy atom. The second kappa shape index (κ2) is 9.01. The van der Waals surface area contributed by atoms with E-state index in [2.05, 4.69) is 10.6 Å². The summed E-state index contributed by atoms with van der Waals surface area (Å²) in [5.41, 5.74) is 2.12. The van der Waals surface area contributed by atoms with Gasteiger partial charge in [0.05, 0.1) is 5.56 Å². The average molecular weight is 392 g/mol. The van der Waals surface area contributed by atoms with Gasteiger partial charge in [-0.1, -0.05) is 42.5 Å². The van der Waals surface area contributed by atoms with E-state index in [0.717, 1.165) is 11.1 Å². The summed E-state index contributed by atoms with van der Waals surface area (Å²) in [6.07, 6.45) is 0.179. The maximum atomic E-state index is 14.0. The van der Waals surface area contributed by atoms with E-state index < -0.39 is 23.7 Å². The van der Waals surface area contributed by atoms with Gasteiger partial charge in [-0.25, -0.2) is 4.39 Å². The number of carbonyl (C=O) groups is 2. The van der Waals surface area contributed by atoms with Gasteiger partial charge in [-0.2, -0.15) is 0 Å². The Hall–Kier alpha value is -3.67. The number of aryl methyl sites for hydroxylation is 1. The predicted molar refractivity (Wildman–Crippen MR) is 109 cm³/mol. The van der Waals surface area contributed by atoms with Crippen LogP contribution in [0.2, 0.25) is 0 Å². The van der Waals surface area contributed by atoms with Crippen molar-refractivity contribution in [1.29, 1.82) is 0 Å². The van der Waals surface area contributed by atoms with Gasteiger partial charge < -0.3 is 15.7 Å². The number of carbonyl (C=O) groups excluding carboxylic acids is 2. The molecule has 1 unspecified atom stereocenters. The number of hydrogen-bond donors (Lipinski definition) is 3. The number of phenolic OH excluding ortho intramolecular Hbond substituents is 1. The smallest absolute Gasteiger partial charge is 0.254 e. The number of aromatic hydroxyl groups is 1. The molecule has 3 N–H and O–H groups in total. The van der Waals surface area contributed by atoms with Crippen molar-refractivity contribution in [3.8, 4) is 5.75 Å². The summed E-state index contributed by atoms with van der Waals surface area (Å²) < 4.78 is 14.0. The number of para-hydroxylation sites is 1. The average Bonchev–Trinajstić information content (AvgIpc) is 2.71. The summed E-state index contributed by atoms with van der Waals surface area (Å²) in [4.78, 5) is 25.5. The van der Waals surface area contributed by atoms with Crippen molar-refractivity contribution in [1.82, 2.24) is 5.32 Å². The van der Waals surface area contributed by atoms with E-state index in [1.165, 1.54) is 30.3 Å². The van der Waals surface area contributed by atoms with Crippen LogP contribution in [0.3, 0.4) is 0 Å². The third kappa shape index (κ3) is 5.19. The van der Waals surface area contributed by atoms with Crippen LogP contribution in [0, 0.1) is 12.7 Å². The Kier molecular flexibility index (Phi) is 6.24. The van der Waals surface area contributed by atoms with Crippen molar-refractivity contribution in [2.45, 2.75) is 19.4 Å². The first kappa shape index (κ1) is 20.1. The van der Waals surface area contributed by atoms with Crippen molar-refractivity contribution >= 4 is 17.5 Å². The topological polar surface area (TPSA) is 78.4 Å². The Morgan fingerprint density at radius 3 is 2.31 bits per heavy atom. The second-order valence-corrected chi connectivity index (χ2v) is 6.68. The lowest BCUT2D eigenvalue weighted by Crippen LogP contribution is -2.45. The molecule has 0 spiro atoms. The Bertz CT molecular complexity index is 1020. The summed E-state index contributed by atoms with van der Waals surface area (Å²) in [6, 6.07) is 18.3. The van der Waals surface area contributed by atoms with Crippen LogP contribution in [0.1, 0.15) is 21.5 Å². The molecule has 0 aliphatic rings. The molecule has 148 valence electrons. The number of phenols is 1. The van der Waals surface area contributed by atoms with Gasteiger partial charge in [0.1, 0.15) is 17.6 Å². The monoisotopic (exact) mass is 392 g/mol. The van der Waals surface area contributed by atoms with Crippen LogP contribution < -0.4 is 10.6 Å². The molecular weight excluding hydrogens is 371 g/mol. The molecule has 0 saturated carbocycles. The zero-order chi connectivity index (χ0) is 20.8. The highest BCUT2D eigenvalue weighted by atomic mass is 19.1. The van der Waals surface area contributed by atoms with E-state index in [9.17, 15) is 19.1 Å². The molecule has 0 fully saturated rings. The van der Waals surface area contributed by atoms with E-state index in [-0.39, 0.29) is 17.7 Å². The molecule has 1 atom stereocenters. The Morgan fingerprint density at radius 2 is 1.62 bits per heavy atom. The van der Waals surface area contributed by atoms with Crippen molar-refractivity contribution < 1.29 is 19.1 Å². The van der Waals surface area contributed by atoms with Crippen molar-refractivity contribution in [2.24, 2.45) is 0 Å². The van der Waals surface area contributed by atoms with Crippen molar-refractivity contribution in [3.63, 3.8) is 0 Å². The van der Waals surface area contributed by atoms with Gasteiger partial charge in [-0.3, -0.25) is 9.59 Å². The first-order valence-electron chi connectivity index (χ1n) is 9.14. The molecule has 2 amide bonds. The van der Waals surface area contributed by atoms with Gasteiger partial charge >= 0.3 is 0 Å². The Labute approximate surface area is 168 Å². The number of benzene rings is 3. The maximum absolute atomic E-state index is 14.0. The van der Waals surface area contributed by atoms with Gasteiger partial charge in [0.2, 0.25) is 5.91 Å². The highest BCUT2D eigenvalue weighted by Crippen LogP contribution is 2.16. The summed E-state index contributed by atoms with van der Waals surface area (Å²) >= 11 is 0. The summed E-state index contributed by atoms with van der Waals surface area (Å²) in [6.45, 7) is 1.86. The van der Waals surface area contributed by atoms with Crippen LogP contribution >= 0.6 is 0 Å². The number of halogens is 1. The number of rotatable bonds is 6. The van der Waals surface area contributed by atoms with Crippen LogP contribution in [0.5, 0.6) is 5.75 Å². The van der Waals surface area contributed by atoms with Gasteiger partial charge in [0.25, 0.3) is 5.91 Å². The fourth-order valence-electron chi connectivity index (χ4n) is 2.89. The molecule has 3 aromatic carbocycles. The van der Waals surface area contributed by atoms with E-state index in [0.29, 0.717) is 5.69 Å². The molecule has 0 aliphatic carbocycles. The number of anilines is 1. The molecule has 0 aliphatic heterocycles. The molecular formula is C23H21FN2O3. The van der Waals surface area contributed by atoms with E-state index in [4.69, 9.17) is 0 Å². The minimum atomic E-state index is -0.939. The minimum absolute atomic E-state index is 0.102. The van der Waals surface area contributed by atoms with Gasteiger partial charge in [-0.15, -0.1) is 0 Å². The molecule has 3 rings (SSSR count). The fourth-order valence-corrected chi connectivity index (χ4v) is 2.89. The van der Waals surface area contributed by atoms with Crippen LogP contribution in [-0.2, 0) is 11.2 Å². The number of amides is 2. The normalized spacial score (nSPS) is 11.5.